The van der Waals surface area contributed by atoms with Crippen LogP contribution in [0.25, 0.3) is 21.5 Å². The van der Waals surface area contributed by atoms with E-state index in [1.807, 2.05) is 36.4 Å². The van der Waals surface area contributed by atoms with E-state index in [0.717, 1.165) is 71.2 Å². The first-order chi connectivity index (χ1) is 14.9. The second-order valence-corrected chi connectivity index (χ2v) is 7.00. The molecule has 2 aliphatic heterocycles. The van der Waals surface area contributed by atoms with Crippen LogP contribution in [0.4, 0.5) is 11.4 Å². The fraction of sp³-hybridized carbons (Fsp3) is 0.238. The molecule has 0 atom stereocenters. The zero-order valence-electron chi connectivity index (χ0n) is 16.3. The number of hydrogen-bond donors (Lipinski definition) is 3. The highest BCUT2D eigenvalue weighted by Crippen LogP contribution is 2.39. The molecule has 0 saturated heterocycles. The molecule has 3 N–H and O–H groups in total. The predicted molar refractivity (Wildman–Crippen MR) is 120 cm³/mol. The summed E-state index contributed by atoms with van der Waals surface area (Å²) in [6.45, 7) is 2.35. The van der Waals surface area contributed by atoms with Gasteiger partial charge in [-0.3, -0.25) is 15.8 Å². The SMILES string of the molecule is c1ccc2c(NN=NC3=NCCN3)c3ccccc3c(NN=NC3=NCCC3)c2c1. The Kier molecular flexibility index (Phi) is 4.99. The van der Waals surface area contributed by atoms with E-state index in [4.69, 9.17) is 0 Å². The van der Waals surface area contributed by atoms with Gasteiger partial charge in [0.1, 0.15) is 5.84 Å². The van der Waals surface area contributed by atoms with E-state index in [-0.39, 0.29) is 0 Å². The third kappa shape index (κ3) is 3.57. The smallest absolute Gasteiger partial charge is 0.239 e. The minimum absolute atomic E-state index is 0.546. The summed E-state index contributed by atoms with van der Waals surface area (Å²) in [4.78, 5) is 8.58. The molecule has 0 amide bonds. The molecule has 150 valence electrons. The molecule has 0 aromatic heterocycles. The quantitative estimate of drug-likeness (QED) is 0.256. The third-order valence-electron chi connectivity index (χ3n) is 5.07. The molecular formula is C21H21N9. The van der Waals surface area contributed by atoms with Crippen LogP contribution < -0.4 is 16.2 Å². The third-order valence-corrected chi connectivity index (χ3v) is 5.07. The van der Waals surface area contributed by atoms with Crippen molar-refractivity contribution in [2.45, 2.75) is 12.8 Å². The van der Waals surface area contributed by atoms with E-state index < -0.39 is 0 Å². The van der Waals surface area contributed by atoms with Crippen molar-refractivity contribution in [2.75, 3.05) is 30.5 Å². The lowest BCUT2D eigenvalue weighted by molar-refractivity contribution is 0.948. The van der Waals surface area contributed by atoms with Crippen LogP contribution in [0.2, 0.25) is 0 Å². The van der Waals surface area contributed by atoms with E-state index in [2.05, 4.69) is 59.0 Å². The van der Waals surface area contributed by atoms with E-state index in [9.17, 15) is 0 Å². The van der Waals surface area contributed by atoms with Gasteiger partial charge in [-0.2, -0.15) is 0 Å². The number of rotatable bonds is 4. The van der Waals surface area contributed by atoms with Gasteiger partial charge in [-0.15, -0.1) is 5.11 Å². The van der Waals surface area contributed by atoms with Crippen molar-refractivity contribution in [3.63, 3.8) is 0 Å². The highest BCUT2D eigenvalue weighted by Gasteiger charge is 2.14. The normalized spacial score (nSPS) is 16.4. The number of anilines is 2. The zero-order chi connectivity index (χ0) is 20.2. The van der Waals surface area contributed by atoms with Gasteiger partial charge >= 0.3 is 0 Å². The topological polar surface area (TPSA) is 110 Å². The lowest BCUT2D eigenvalue weighted by Gasteiger charge is -2.15. The monoisotopic (exact) mass is 399 g/mol. The predicted octanol–water partition coefficient (Wildman–Crippen LogP) is 4.70. The molecule has 3 aromatic carbocycles. The molecule has 0 unspecified atom stereocenters. The number of nitrogens with one attached hydrogen (secondary N) is 3. The van der Waals surface area contributed by atoms with Gasteiger partial charge in [-0.05, 0) is 6.42 Å². The van der Waals surface area contributed by atoms with Gasteiger partial charge in [0.15, 0.2) is 0 Å². The van der Waals surface area contributed by atoms with Crippen LogP contribution in [0.1, 0.15) is 12.8 Å². The summed E-state index contributed by atoms with van der Waals surface area (Å²) in [5.41, 5.74) is 8.05. The standard InChI is InChI=1S/C21H21N9/c1-3-8-16-14(6-1)19(26-29-25-18-10-5-11-22-18)15-7-2-4-9-17(15)20(16)27-30-28-21-23-12-13-24-21/h1-4,6-9H,5,10-13H2,(H,22,25,26)(H2,23,24,27,28). The number of hydrogen-bond acceptors (Lipinski definition) is 7. The summed E-state index contributed by atoms with van der Waals surface area (Å²) in [5, 5.41) is 23.9. The van der Waals surface area contributed by atoms with Crippen LogP contribution in [0.3, 0.4) is 0 Å². The first-order valence-corrected chi connectivity index (χ1v) is 9.99. The molecule has 0 radical (unpaired) electrons. The maximum absolute atomic E-state index is 4.34. The zero-order valence-corrected chi connectivity index (χ0v) is 16.3. The Morgan fingerprint density at radius 3 is 1.83 bits per heavy atom. The summed E-state index contributed by atoms with van der Waals surface area (Å²) < 4.78 is 0. The fourth-order valence-corrected chi connectivity index (χ4v) is 3.68. The van der Waals surface area contributed by atoms with Crippen LogP contribution in [0.5, 0.6) is 0 Å². The number of benzene rings is 3. The van der Waals surface area contributed by atoms with Gasteiger partial charge < -0.3 is 5.32 Å². The molecule has 0 spiro atoms. The molecule has 5 rings (SSSR count). The number of fused-ring (bicyclic) bond motifs is 2. The molecule has 0 aliphatic carbocycles. The van der Waals surface area contributed by atoms with Crippen LogP contribution >= 0.6 is 0 Å². The van der Waals surface area contributed by atoms with E-state index in [1.54, 1.807) is 0 Å². The summed E-state index contributed by atoms with van der Waals surface area (Å²) >= 11 is 0. The van der Waals surface area contributed by atoms with Crippen molar-refractivity contribution in [3.05, 3.63) is 48.5 Å². The van der Waals surface area contributed by atoms with Crippen molar-refractivity contribution >= 4 is 44.7 Å². The van der Waals surface area contributed by atoms with Crippen LogP contribution in [-0.2, 0) is 0 Å². The highest BCUT2D eigenvalue weighted by atomic mass is 15.5. The van der Waals surface area contributed by atoms with Gasteiger partial charge in [-0.25, -0.2) is 4.99 Å². The van der Waals surface area contributed by atoms with Crippen LogP contribution in [0, 0.1) is 0 Å². The summed E-state index contributed by atoms with van der Waals surface area (Å²) in [7, 11) is 0. The minimum atomic E-state index is 0.546. The lowest BCUT2D eigenvalue weighted by Crippen LogP contribution is -2.15. The average molecular weight is 399 g/mol. The number of nitrogens with zero attached hydrogens (tertiary/aromatic N) is 6. The van der Waals surface area contributed by atoms with Gasteiger partial charge in [-0.1, -0.05) is 64.1 Å². The first kappa shape index (κ1) is 18.2. The molecule has 9 nitrogen and oxygen atoms in total. The summed E-state index contributed by atoms with van der Waals surface area (Å²) in [6, 6.07) is 16.2. The van der Waals surface area contributed by atoms with Crippen molar-refractivity contribution in [1.29, 1.82) is 0 Å². The highest BCUT2D eigenvalue weighted by molar-refractivity contribution is 6.19. The number of guanidine groups is 1. The van der Waals surface area contributed by atoms with Crippen LogP contribution in [0.15, 0.2) is 79.2 Å². The Hall–Kier alpha value is -3.88. The molecule has 0 saturated carbocycles. The molecule has 2 aliphatic rings. The number of aliphatic imine (C=N–C) groups is 2. The Balaban J connectivity index is 1.57. The Morgan fingerprint density at radius 2 is 1.33 bits per heavy atom. The molecular weight excluding hydrogens is 378 g/mol. The van der Waals surface area contributed by atoms with Gasteiger partial charge in [0.2, 0.25) is 5.96 Å². The Labute approximate surface area is 173 Å². The maximum Gasteiger partial charge on any atom is 0.239 e. The van der Waals surface area contributed by atoms with Gasteiger partial charge in [0, 0.05) is 41.1 Å². The average Bonchev–Trinajstić information content (AvgIpc) is 3.49. The van der Waals surface area contributed by atoms with Crippen molar-refractivity contribution in [2.24, 2.45) is 30.7 Å². The Bertz CT molecular complexity index is 1060. The largest absolute Gasteiger partial charge is 0.351 e. The van der Waals surface area contributed by atoms with E-state index >= 15 is 0 Å². The minimum Gasteiger partial charge on any atom is -0.351 e. The molecule has 9 heteroatoms. The lowest BCUT2D eigenvalue weighted by atomic mass is 9.99. The van der Waals surface area contributed by atoms with Gasteiger partial charge in [0.05, 0.1) is 17.9 Å². The second-order valence-electron chi connectivity index (χ2n) is 7.00. The van der Waals surface area contributed by atoms with Crippen LogP contribution in [-0.4, -0.2) is 31.4 Å². The van der Waals surface area contributed by atoms with Gasteiger partial charge in [0.25, 0.3) is 0 Å². The fourth-order valence-electron chi connectivity index (χ4n) is 3.68. The van der Waals surface area contributed by atoms with E-state index in [1.165, 1.54) is 0 Å². The summed E-state index contributed by atoms with van der Waals surface area (Å²) in [6.07, 6.45) is 1.91. The molecule has 0 fully saturated rings. The van der Waals surface area contributed by atoms with Crippen molar-refractivity contribution in [1.82, 2.24) is 5.32 Å². The van der Waals surface area contributed by atoms with E-state index in [0.29, 0.717) is 5.96 Å². The second kappa shape index (κ2) is 8.24. The molecule has 2 heterocycles. The van der Waals surface area contributed by atoms with Crippen molar-refractivity contribution in [3.8, 4) is 0 Å². The first-order valence-electron chi connectivity index (χ1n) is 9.99. The summed E-state index contributed by atoms with van der Waals surface area (Å²) in [5.74, 6) is 1.34. The maximum atomic E-state index is 4.34. The molecule has 3 aromatic rings. The molecule has 0 bridgehead atoms. The number of amidine groups is 1. The molecule has 30 heavy (non-hydrogen) atoms. The van der Waals surface area contributed by atoms with Crippen molar-refractivity contribution < 1.29 is 0 Å². The Morgan fingerprint density at radius 1 is 0.733 bits per heavy atom.